The number of likely N-dealkylation sites (N-methyl/N-ethyl adjacent to an activating group) is 1. The van der Waals surface area contributed by atoms with E-state index in [4.69, 9.17) is 19.2 Å². The summed E-state index contributed by atoms with van der Waals surface area (Å²) in [7, 11) is 0.841. The number of fused-ring (bicyclic) bond motifs is 1. The molecule has 2 aromatic rings. The zero-order chi connectivity index (χ0) is 27.1. The van der Waals surface area contributed by atoms with Crippen LogP contribution in [0.2, 0.25) is 0 Å². The molecular weight excluding hydrogens is 266 g/mol. The summed E-state index contributed by atoms with van der Waals surface area (Å²) in [4.78, 5) is 14.2. The van der Waals surface area contributed by atoms with Crippen LogP contribution in [-0.4, -0.2) is 49.1 Å². The summed E-state index contributed by atoms with van der Waals surface area (Å²) in [5.41, 5.74) is -1.78. The highest BCUT2D eigenvalue weighted by molar-refractivity contribution is 5.84. The molecule has 1 aromatic heterocycles. The maximum Gasteiger partial charge on any atom is 0.407 e. The van der Waals surface area contributed by atoms with E-state index in [2.05, 4.69) is 9.72 Å². The fourth-order valence-corrected chi connectivity index (χ4v) is 1.75. The van der Waals surface area contributed by atoms with E-state index in [-0.39, 0.29) is 10.4 Å². The smallest absolute Gasteiger partial charge is 0.407 e. The van der Waals surface area contributed by atoms with Crippen LogP contribution >= 0.6 is 0 Å². The minimum absolute atomic E-state index is 0.184. The Bertz CT molecular complexity index is 1190. The Balaban J connectivity index is 2.32. The number of alkyl carbamates (subject to hydrolysis) is 1. The van der Waals surface area contributed by atoms with Crippen molar-refractivity contribution in [2.45, 2.75) is 18.8 Å². The summed E-state index contributed by atoms with van der Waals surface area (Å²) in [6.07, 6.45) is -6.52. The lowest BCUT2D eigenvalue weighted by Gasteiger charge is -2.09. The van der Waals surface area contributed by atoms with Crippen molar-refractivity contribution in [1.29, 1.82) is 0 Å². The molecule has 1 saturated heterocycles. The van der Waals surface area contributed by atoms with Crippen LogP contribution < -0.4 is 5.32 Å². The summed E-state index contributed by atoms with van der Waals surface area (Å²) in [5.74, 6) is 0. The minimum Gasteiger partial charge on any atom is -0.447 e. The average molecular weight is 301 g/mol. The molecule has 0 aliphatic carbocycles. The molecule has 1 aliphatic rings. The first kappa shape index (κ1) is 5.02. The summed E-state index contributed by atoms with van der Waals surface area (Å²) in [5, 5.41) is 1.45. The number of cyclic esters (lactones) is 1. The summed E-state index contributed by atoms with van der Waals surface area (Å²) >= 11 is 0. The fraction of sp³-hybridized carbons (Fsp3) is 0.438. The van der Waals surface area contributed by atoms with Crippen molar-refractivity contribution in [3.63, 3.8) is 0 Å². The molecule has 5 nitrogen and oxygen atoms in total. The zero-order valence-corrected chi connectivity index (χ0v) is 10.9. The normalized spacial score (nSPS) is 33.0. The molecule has 21 heavy (non-hydrogen) atoms. The first-order valence-electron chi connectivity index (χ1n) is 13.0. The number of hydrogen-bond donors (Lipinski definition) is 2. The van der Waals surface area contributed by atoms with E-state index in [9.17, 15) is 4.79 Å². The third-order valence-electron chi connectivity index (χ3n) is 2.62. The van der Waals surface area contributed by atoms with Crippen molar-refractivity contribution < 1.29 is 28.7 Å². The summed E-state index contributed by atoms with van der Waals surface area (Å²) in [6.45, 7) is -9.13. The van der Waals surface area contributed by atoms with E-state index in [1.165, 1.54) is 0 Å². The number of ether oxygens (including phenoxy) is 1. The van der Waals surface area contributed by atoms with Crippen LogP contribution in [0.5, 0.6) is 0 Å². The lowest BCUT2D eigenvalue weighted by atomic mass is 10.0. The molecule has 0 saturated carbocycles. The van der Waals surface area contributed by atoms with Gasteiger partial charge in [0, 0.05) is 35.9 Å². The van der Waals surface area contributed by atoms with E-state index >= 15 is 0 Å². The monoisotopic (exact) mass is 301 g/mol. The number of aromatic nitrogens is 1. The van der Waals surface area contributed by atoms with E-state index in [1.807, 2.05) is 5.32 Å². The quantitative estimate of drug-likeness (QED) is 0.887. The van der Waals surface area contributed by atoms with Crippen molar-refractivity contribution in [2.24, 2.45) is 0 Å². The number of hydrogen-bond acceptors (Lipinski definition) is 3. The minimum atomic E-state index is -3.19. The van der Waals surface area contributed by atoms with Crippen molar-refractivity contribution in [1.82, 2.24) is 15.2 Å². The lowest BCUT2D eigenvalue weighted by Crippen LogP contribution is -2.28. The maximum atomic E-state index is 11.6. The Morgan fingerprint density at radius 3 is 3.33 bits per heavy atom. The van der Waals surface area contributed by atoms with E-state index < -0.39 is 79.6 Å². The lowest BCUT2D eigenvalue weighted by molar-refractivity contribution is 0.177. The first-order valence-corrected chi connectivity index (χ1v) is 5.95. The molecule has 1 aliphatic heterocycles. The van der Waals surface area contributed by atoms with Crippen molar-refractivity contribution in [3.05, 3.63) is 35.5 Å². The van der Waals surface area contributed by atoms with E-state index in [0.717, 1.165) is 13.2 Å². The van der Waals surface area contributed by atoms with Gasteiger partial charge >= 0.3 is 6.09 Å². The molecule has 0 radical (unpaired) electrons. The number of aromatic amines is 1. The van der Waals surface area contributed by atoms with Crippen molar-refractivity contribution in [2.75, 3.05) is 27.1 Å². The Kier molecular flexibility index (Phi) is 1.38. The number of carbonyl (C=O) groups is 1. The highest BCUT2D eigenvalue weighted by Gasteiger charge is 2.22. The van der Waals surface area contributed by atoms with Gasteiger partial charge in [0.15, 0.2) is 0 Å². The van der Waals surface area contributed by atoms with Crippen LogP contribution in [0.4, 0.5) is 4.79 Å². The highest BCUT2D eigenvalue weighted by atomic mass is 16.6. The van der Waals surface area contributed by atoms with Crippen LogP contribution in [0, 0.1) is 0 Å². The number of benzene rings is 1. The molecule has 1 amide bonds. The van der Waals surface area contributed by atoms with Gasteiger partial charge in [-0.3, -0.25) is 0 Å². The van der Waals surface area contributed by atoms with Crippen LogP contribution in [0.1, 0.15) is 30.3 Å². The molecule has 2 heterocycles. The predicted octanol–water partition coefficient (Wildman–Crippen LogP) is 1.92. The predicted molar refractivity (Wildman–Crippen MR) is 82.5 cm³/mol. The fourth-order valence-electron chi connectivity index (χ4n) is 1.75. The molecule has 1 atom stereocenters. The second kappa shape index (κ2) is 5.77. The number of rotatable bonds is 5. The molecule has 0 unspecified atom stereocenters. The molecule has 5 heteroatoms. The molecule has 0 bridgehead atoms. The van der Waals surface area contributed by atoms with Gasteiger partial charge in [0.2, 0.25) is 0 Å². The van der Waals surface area contributed by atoms with Crippen LogP contribution in [0.3, 0.4) is 0 Å². The van der Waals surface area contributed by atoms with Gasteiger partial charge in [-0.1, -0.05) is 6.04 Å². The summed E-state index contributed by atoms with van der Waals surface area (Å²) in [6, 6.07) is -4.45. The average Bonchev–Trinajstić information content (AvgIpc) is 3.25. The SMILES string of the molecule is [2H]c1c(C([2H])([2H])[C@@H]2NC(=O)OC2([2H])[2H])c([2H])c2c(C([2H])([2H])C([2H])([2H])N(C)C([2H])([2H])[2H])c[nH]c2c1[2H]. The van der Waals surface area contributed by atoms with Crippen LogP contribution in [0.25, 0.3) is 10.9 Å². The maximum absolute atomic E-state index is 11.6. The third-order valence-corrected chi connectivity index (χ3v) is 2.62. The topological polar surface area (TPSA) is 57.4 Å². The van der Waals surface area contributed by atoms with Crippen molar-refractivity contribution in [3.8, 4) is 0 Å². The molecule has 2 N–H and O–H groups in total. The molecule has 1 fully saturated rings. The third kappa shape index (κ3) is 3.19. The molecular formula is C16H21N3O2. The Morgan fingerprint density at radius 1 is 1.67 bits per heavy atom. The number of amides is 1. The van der Waals surface area contributed by atoms with E-state index in [0.29, 0.717) is 0 Å². The summed E-state index contributed by atoms with van der Waals surface area (Å²) < 4.78 is 118. The van der Waals surface area contributed by atoms with Gasteiger partial charge in [0.1, 0.15) is 6.56 Å². The van der Waals surface area contributed by atoms with Gasteiger partial charge in [-0.05, 0) is 50.0 Å². The second-order valence-electron chi connectivity index (χ2n) is 4.23. The first-order chi connectivity index (χ1) is 15.6. The number of aryl methyl sites for hydroxylation is 1. The largest absolute Gasteiger partial charge is 0.447 e. The molecule has 0 spiro atoms. The molecule has 3 rings (SSSR count). The van der Waals surface area contributed by atoms with Crippen molar-refractivity contribution >= 4 is 17.0 Å². The highest BCUT2D eigenvalue weighted by Crippen LogP contribution is 2.21. The molecule has 1 aromatic carbocycles. The van der Waals surface area contributed by atoms with Crippen LogP contribution in [-0.2, 0) is 17.5 Å². The van der Waals surface area contributed by atoms with Gasteiger partial charge in [-0.2, -0.15) is 0 Å². The number of carbonyl (C=O) groups excluding carboxylic acids is 1. The van der Waals surface area contributed by atoms with Gasteiger partial charge in [-0.25, -0.2) is 4.79 Å². The number of nitrogens with one attached hydrogen (secondary N) is 2. The Morgan fingerprint density at radius 2 is 2.57 bits per heavy atom. The second-order valence-corrected chi connectivity index (χ2v) is 4.23. The van der Waals surface area contributed by atoms with E-state index in [1.54, 1.807) is 0 Å². The number of nitrogens with zero attached hydrogens (tertiary/aromatic N) is 1. The molecule has 112 valence electrons. The Labute approximate surface area is 143 Å². The Hall–Kier alpha value is -2.01. The van der Waals surface area contributed by atoms with Gasteiger partial charge in [-0.15, -0.1) is 0 Å². The van der Waals surface area contributed by atoms with Gasteiger partial charge in [0.25, 0.3) is 0 Å². The standard InChI is InChI=1S/C16H21N3O2/c1-19(2)6-5-12-9-17-15-4-3-11(8-14(12)15)7-13-10-21-16(20)18-13/h3-4,8-9,13,17H,5-7,10H2,1-2H3,(H,18,20)/t13-/m0/s1/i1D3,3D,4D,5D2,6D2,7D2,8D,10D2. The zero-order valence-electron chi connectivity index (χ0n) is 24.9. The number of H-pyrrole nitrogens is 1. The van der Waals surface area contributed by atoms with Crippen LogP contribution in [0.15, 0.2) is 24.3 Å². The van der Waals surface area contributed by atoms with Gasteiger partial charge < -0.3 is 19.9 Å². The van der Waals surface area contributed by atoms with Gasteiger partial charge in [0.05, 0.1) is 12.9 Å².